The molecule has 2 atom stereocenters. The molecule has 0 saturated heterocycles. The zero-order chi connectivity index (χ0) is 29.7. The highest BCUT2D eigenvalue weighted by Gasteiger charge is 2.31. The fourth-order valence-corrected chi connectivity index (χ4v) is 5.52. The number of benzene rings is 2. The van der Waals surface area contributed by atoms with Gasteiger partial charge in [0.2, 0.25) is 0 Å². The molecule has 4 rings (SSSR count). The average Bonchev–Trinajstić information content (AvgIpc) is 3.73. The molecule has 5 N–H and O–H groups in total. The second kappa shape index (κ2) is 12.7. The van der Waals surface area contributed by atoms with Gasteiger partial charge in [0.1, 0.15) is 23.3 Å². The number of hydrogen-bond acceptors (Lipinski definition) is 8. The van der Waals surface area contributed by atoms with Gasteiger partial charge in [0.05, 0.1) is 35.5 Å². The van der Waals surface area contributed by atoms with Crippen molar-refractivity contribution in [2.24, 2.45) is 0 Å². The number of carbonyl (C=O) groups excluding carboxylic acids is 2. The second-order valence-electron chi connectivity index (χ2n) is 9.09. The van der Waals surface area contributed by atoms with Gasteiger partial charge in [-0.3, -0.25) is 19.7 Å². The minimum atomic E-state index is -4.12. The van der Waals surface area contributed by atoms with Crippen LogP contribution in [0.25, 0.3) is 10.9 Å². The van der Waals surface area contributed by atoms with Crippen molar-refractivity contribution in [3.63, 3.8) is 0 Å². The molecule has 13 nitrogen and oxygen atoms in total. The molecular formula is C26H29ClN5O8P. The molecule has 1 saturated carbocycles. The number of carboxylic acid groups (broad SMARTS) is 1. The Labute approximate surface area is 240 Å². The first-order chi connectivity index (χ1) is 19.5. The number of fused-ring (bicyclic) bond motifs is 1. The Balaban J connectivity index is 1.60. The number of carboxylic acids is 1. The highest BCUT2D eigenvalue weighted by Crippen LogP contribution is 2.40. The van der Waals surface area contributed by atoms with Crippen molar-refractivity contribution in [3.05, 3.63) is 53.2 Å². The van der Waals surface area contributed by atoms with Crippen molar-refractivity contribution >= 4 is 53.8 Å². The summed E-state index contributed by atoms with van der Waals surface area (Å²) in [4.78, 5) is 40.9. The van der Waals surface area contributed by atoms with Crippen LogP contribution >= 0.6 is 19.3 Å². The highest BCUT2D eigenvalue weighted by atomic mass is 35.5. The van der Waals surface area contributed by atoms with Crippen LogP contribution in [0.1, 0.15) is 37.0 Å². The average molecular weight is 606 g/mol. The first-order valence-electron chi connectivity index (χ1n) is 12.6. The Kier molecular flexibility index (Phi) is 9.34. The van der Waals surface area contributed by atoms with Crippen LogP contribution in [0.15, 0.2) is 42.6 Å². The molecule has 2 aromatic carbocycles. The number of methoxy groups -OCH3 is 1. The Morgan fingerprint density at radius 2 is 1.93 bits per heavy atom. The minimum Gasteiger partial charge on any atom is -0.496 e. The fourth-order valence-electron chi connectivity index (χ4n) is 3.73. The number of hydrogen-bond donors (Lipinski definition) is 5. The van der Waals surface area contributed by atoms with Crippen LogP contribution in [-0.2, 0) is 13.9 Å². The van der Waals surface area contributed by atoms with Crippen LogP contribution in [0.5, 0.6) is 17.2 Å². The third-order valence-electron chi connectivity index (χ3n) is 5.89. The number of carbonyl (C=O) groups is 3. The van der Waals surface area contributed by atoms with Gasteiger partial charge in [-0.2, -0.15) is 0 Å². The van der Waals surface area contributed by atoms with E-state index >= 15 is 0 Å². The van der Waals surface area contributed by atoms with Crippen LogP contribution < -0.4 is 30.3 Å². The molecule has 0 radical (unpaired) electrons. The predicted octanol–water partition coefficient (Wildman–Crippen LogP) is 4.91. The molecule has 3 aromatic rings. The molecule has 218 valence electrons. The maximum absolute atomic E-state index is 13.3. The van der Waals surface area contributed by atoms with Crippen LogP contribution in [0.3, 0.4) is 0 Å². The molecule has 2 unspecified atom stereocenters. The molecule has 3 amide bonds. The molecule has 1 aromatic heterocycles. The van der Waals surface area contributed by atoms with Crippen LogP contribution in [0.4, 0.5) is 10.5 Å². The normalized spacial score (nSPS) is 14.9. The highest BCUT2D eigenvalue weighted by molar-refractivity contribution is 7.55. The van der Waals surface area contributed by atoms with Gasteiger partial charge in [-0.1, -0.05) is 11.6 Å². The first kappa shape index (κ1) is 30.1. The van der Waals surface area contributed by atoms with E-state index in [0.29, 0.717) is 28.1 Å². The lowest BCUT2D eigenvalue weighted by Gasteiger charge is -2.22. The van der Waals surface area contributed by atoms with Crippen molar-refractivity contribution < 1.29 is 38.1 Å². The van der Waals surface area contributed by atoms with Gasteiger partial charge in [0.15, 0.2) is 0 Å². The Bertz CT molecular complexity index is 1530. The number of rotatable bonds is 12. The van der Waals surface area contributed by atoms with Gasteiger partial charge in [0, 0.05) is 29.8 Å². The van der Waals surface area contributed by atoms with Crippen molar-refractivity contribution in [3.8, 4) is 17.2 Å². The Morgan fingerprint density at radius 1 is 1.17 bits per heavy atom. The zero-order valence-corrected chi connectivity index (χ0v) is 24.0. The number of urea groups is 1. The van der Waals surface area contributed by atoms with E-state index in [1.54, 1.807) is 25.1 Å². The smallest absolute Gasteiger partial charge is 0.369 e. The standard InChI is InChI=1S/C26H29ClN5O8P/c1-4-39-41(37,31-14(2)25(34)35)32-24(33)18-12-17-21(13-23(18)38-3)28-10-9-22(17)40-16-7-8-20(19(27)11-16)30-26(36)29-15-5-6-15/h7-15H,4-6H2,1-3H3,(H,34,35)(H2,29,30,36)(H2,31,32,33,37). The SMILES string of the molecule is CCOP(=O)(NC(=O)c1cc2c(Oc3ccc(NC(=O)NC4CC4)c(Cl)c3)ccnc2cc1OC)NC(C)C(=O)O. The molecule has 0 aliphatic heterocycles. The largest absolute Gasteiger partial charge is 0.496 e. The Morgan fingerprint density at radius 3 is 2.56 bits per heavy atom. The van der Waals surface area contributed by atoms with E-state index in [9.17, 15) is 24.1 Å². The van der Waals surface area contributed by atoms with Crippen LogP contribution in [0, 0.1) is 0 Å². The number of ether oxygens (including phenoxy) is 2. The maximum Gasteiger partial charge on any atom is 0.369 e. The summed E-state index contributed by atoms with van der Waals surface area (Å²) in [6.45, 7) is 2.76. The minimum absolute atomic E-state index is 0.0261. The first-order valence-corrected chi connectivity index (χ1v) is 14.6. The number of anilines is 1. The summed E-state index contributed by atoms with van der Waals surface area (Å²) in [6, 6.07) is 7.88. The molecule has 0 bridgehead atoms. The second-order valence-corrected chi connectivity index (χ2v) is 11.3. The molecule has 0 spiro atoms. The number of halogens is 1. The summed E-state index contributed by atoms with van der Waals surface area (Å²) in [7, 11) is -2.76. The Hall–Kier alpha value is -3.90. The van der Waals surface area contributed by atoms with Gasteiger partial charge in [-0.15, -0.1) is 0 Å². The van der Waals surface area contributed by atoms with Gasteiger partial charge in [-0.05, 0) is 51.0 Å². The molecule has 1 aliphatic carbocycles. The molecule has 15 heteroatoms. The maximum atomic E-state index is 13.3. The van der Waals surface area contributed by atoms with E-state index in [4.69, 9.17) is 25.6 Å². The summed E-state index contributed by atoms with van der Waals surface area (Å²) in [5.41, 5.74) is 0.814. The molecule has 1 aliphatic rings. The van der Waals surface area contributed by atoms with Gasteiger partial charge in [0.25, 0.3) is 5.91 Å². The van der Waals surface area contributed by atoms with E-state index in [2.05, 4.69) is 25.8 Å². The fraction of sp³-hybridized carbons (Fsp3) is 0.308. The van der Waals surface area contributed by atoms with Crippen LogP contribution in [0.2, 0.25) is 5.02 Å². The molecule has 1 fully saturated rings. The lowest BCUT2D eigenvalue weighted by molar-refractivity contribution is -0.138. The van der Waals surface area contributed by atoms with E-state index in [0.717, 1.165) is 12.8 Å². The number of pyridine rings is 1. The van der Waals surface area contributed by atoms with E-state index in [-0.39, 0.29) is 35.0 Å². The van der Waals surface area contributed by atoms with E-state index in [1.807, 2.05) is 0 Å². The molecule has 41 heavy (non-hydrogen) atoms. The number of amides is 3. The van der Waals surface area contributed by atoms with Crippen molar-refractivity contribution in [1.82, 2.24) is 20.5 Å². The molecular weight excluding hydrogens is 577 g/mol. The quantitative estimate of drug-likeness (QED) is 0.178. The third-order valence-corrected chi connectivity index (χ3v) is 8.05. The monoisotopic (exact) mass is 605 g/mol. The van der Waals surface area contributed by atoms with E-state index in [1.165, 1.54) is 38.4 Å². The van der Waals surface area contributed by atoms with Crippen molar-refractivity contribution in [1.29, 1.82) is 0 Å². The topological polar surface area (TPSA) is 177 Å². The van der Waals surface area contributed by atoms with Gasteiger partial charge < -0.3 is 29.7 Å². The molecule has 1 heterocycles. The lowest BCUT2D eigenvalue weighted by Crippen LogP contribution is -2.38. The predicted molar refractivity (Wildman–Crippen MR) is 152 cm³/mol. The summed E-state index contributed by atoms with van der Waals surface area (Å²) >= 11 is 6.37. The van der Waals surface area contributed by atoms with Gasteiger partial charge in [-0.25, -0.2) is 14.4 Å². The summed E-state index contributed by atoms with van der Waals surface area (Å²) < 4.78 is 29.8. The third kappa shape index (κ3) is 7.65. The van der Waals surface area contributed by atoms with E-state index < -0.39 is 25.6 Å². The lowest BCUT2D eigenvalue weighted by atomic mass is 10.1. The van der Waals surface area contributed by atoms with Crippen LogP contribution in [-0.4, -0.2) is 53.8 Å². The van der Waals surface area contributed by atoms with Gasteiger partial charge >= 0.3 is 19.7 Å². The number of nitrogens with zero attached hydrogens (tertiary/aromatic N) is 1. The summed E-state index contributed by atoms with van der Waals surface area (Å²) in [5.74, 6) is -1.33. The summed E-state index contributed by atoms with van der Waals surface area (Å²) in [6.07, 6.45) is 3.42. The van der Waals surface area contributed by atoms with Crippen molar-refractivity contribution in [2.75, 3.05) is 19.0 Å². The van der Waals surface area contributed by atoms with Crippen molar-refractivity contribution in [2.45, 2.75) is 38.8 Å². The zero-order valence-electron chi connectivity index (χ0n) is 22.4. The number of aromatic nitrogens is 1. The summed E-state index contributed by atoms with van der Waals surface area (Å²) in [5, 5.41) is 20.0. The number of aliphatic carboxylic acids is 1. The number of nitrogens with one attached hydrogen (secondary N) is 4.